The average molecular weight is 1230 g/mol. The first-order chi connectivity index (χ1) is 40.5. The summed E-state index contributed by atoms with van der Waals surface area (Å²) in [6.07, 6.45) is -5.78. The van der Waals surface area contributed by atoms with E-state index in [-0.39, 0.29) is 85.0 Å². The van der Waals surface area contributed by atoms with Crippen LogP contribution >= 0.6 is 21.6 Å². The van der Waals surface area contributed by atoms with Crippen molar-refractivity contribution in [3.05, 3.63) is 99.1 Å². The summed E-state index contributed by atoms with van der Waals surface area (Å²) in [7, 11) is 2.22. The molecule has 2 saturated carbocycles. The number of nitrogen functional groups attached to an aromatic ring is 1. The molecule has 4 aliphatic rings. The highest BCUT2D eigenvalue weighted by Gasteiger charge is 2.73. The Labute approximate surface area is 503 Å². The zero-order valence-corrected chi connectivity index (χ0v) is 50.6. The normalized spacial score (nSPS) is 27.0. The fraction of sp³-hybridized carbons (Fsp3) is 0.533. The van der Waals surface area contributed by atoms with Gasteiger partial charge in [0, 0.05) is 72.1 Å². The molecule has 24 nitrogen and oxygen atoms in total. The number of esters is 3. The van der Waals surface area contributed by atoms with Gasteiger partial charge in [0.05, 0.1) is 60.6 Å². The van der Waals surface area contributed by atoms with Gasteiger partial charge in [-0.15, -0.1) is 0 Å². The second-order valence-electron chi connectivity index (χ2n) is 23.8. The Morgan fingerprint density at radius 3 is 2.28 bits per heavy atom. The Hall–Kier alpha value is -7.26. The van der Waals surface area contributed by atoms with Gasteiger partial charge in [-0.05, 0) is 73.1 Å². The van der Waals surface area contributed by atoms with Crippen LogP contribution in [0.3, 0.4) is 0 Å². The highest BCUT2D eigenvalue weighted by Crippen LogP contribution is 2.67. The van der Waals surface area contributed by atoms with Crippen LogP contribution in [0.2, 0.25) is 0 Å². The zero-order chi connectivity index (χ0) is 62.8. The highest BCUT2D eigenvalue weighted by molar-refractivity contribution is 8.76. The molecule has 3 aliphatic carbocycles. The number of aromatic amines is 1. The number of aliphatic hydroxyl groups excluding tert-OH is 1. The predicted octanol–water partition coefficient (Wildman–Crippen LogP) is 5.35. The minimum atomic E-state index is -1.74. The number of carbonyl (C=O) groups is 8. The molecular weight excluding hydrogens is 1150 g/mol. The maximum absolute atomic E-state index is 15.2. The summed E-state index contributed by atoms with van der Waals surface area (Å²) in [4.78, 5) is 134. The first-order valence-corrected chi connectivity index (χ1v) is 30.8. The number of carboxylic acids is 2. The second-order valence-corrected chi connectivity index (χ2v) is 26.4. The summed E-state index contributed by atoms with van der Waals surface area (Å²) in [6.45, 7) is 14.0. The topological polar surface area (TPSA) is 376 Å². The number of benzene rings is 2. The smallest absolute Gasteiger partial charge is 0.348 e. The van der Waals surface area contributed by atoms with Crippen LogP contribution in [0.15, 0.2) is 76.7 Å². The Bertz CT molecular complexity index is 3380. The molecule has 0 spiro atoms. The minimum Gasteiger partial charge on any atom is -0.481 e. The maximum atomic E-state index is 15.2. The van der Waals surface area contributed by atoms with Crippen LogP contribution in [0.5, 0.6) is 0 Å². The number of Topliss-reactive ketones (excluding diaryl/α,β-unsaturated/α-hetero) is 2. The molecule has 462 valence electrons. The SMILES string of the molecule is CC(=O)O[C@H]1C(=O)[C@@]2(C)C([C@H](C)[C@]3(O)CC(OC(=O)C(OC(=O)CCSSCC(CC(=O)CCC(NC(=O)c4ccc(NCc5cnc6nc(N)[nH]c(=O)c6n5)cc4)C(=O)O)C(=O)O)[C@@H](C)c4ccccc4)C(C)=C1C3(C)C)[C@]1(C)CO[C@@H]1C[C@@H]2O. The van der Waals surface area contributed by atoms with E-state index >= 15 is 4.79 Å². The van der Waals surface area contributed by atoms with Crippen molar-refractivity contribution >= 4 is 91.7 Å². The molecule has 2 bridgehead atoms. The number of ketones is 2. The zero-order valence-electron chi connectivity index (χ0n) is 48.9. The van der Waals surface area contributed by atoms with Gasteiger partial charge in [-0.25, -0.2) is 19.6 Å². The Morgan fingerprint density at radius 1 is 0.942 bits per heavy atom. The fourth-order valence-corrected chi connectivity index (χ4v) is 15.5. The second kappa shape index (κ2) is 26.0. The third kappa shape index (κ3) is 13.0. The van der Waals surface area contributed by atoms with E-state index in [1.165, 1.54) is 25.3 Å². The van der Waals surface area contributed by atoms with E-state index in [0.29, 0.717) is 22.5 Å². The van der Waals surface area contributed by atoms with Crippen molar-refractivity contribution in [3.63, 3.8) is 0 Å². The quantitative estimate of drug-likeness (QED) is 0.0144. The van der Waals surface area contributed by atoms with Crippen LogP contribution in [-0.2, 0) is 59.1 Å². The lowest BCUT2D eigenvalue weighted by atomic mass is 9.40. The van der Waals surface area contributed by atoms with Gasteiger partial charge in [0.2, 0.25) is 12.1 Å². The number of carbonyl (C=O) groups excluding carboxylic acids is 6. The molecule has 1 saturated heterocycles. The van der Waals surface area contributed by atoms with E-state index in [1.54, 1.807) is 77.1 Å². The van der Waals surface area contributed by atoms with Crippen molar-refractivity contribution in [1.29, 1.82) is 0 Å². The number of aliphatic carboxylic acids is 2. The minimum absolute atomic E-state index is 0.00655. The van der Waals surface area contributed by atoms with Gasteiger partial charge in [-0.1, -0.05) is 86.5 Å². The maximum Gasteiger partial charge on any atom is 0.348 e. The molecule has 9 N–H and O–H groups in total. The number of aromatic nitrogens is 4. The molecular formula is C60H73N7O17S2. The lowest BCUT2D eigenvalue weighted by Gasteiger charge is -2.68. The number of hydrogen-bond donors (Lipinski definition) is 8. The highest BCUT2D eigenvalue weighted by atomic mass is 33.1. The molecule has 2 aromatic heterocycles. The van der Waals surface area contributed by atoms with Gasteiger partial charge in [-0.3, -0.25) is 38.5 Å². The van der Waals surface area contributed by atoms with E-state index in [9.17, 15) is 58.8 Å². The monoisotopic (exact) mass is 1230 g/mol. The Kier molecular flexibility index (Phi) is 19.6. The standard InChI is InChI=1S/C60H73N7O17S2/c1-29(33-12-10-9-11-13-33)46(55(79)83-40-24-60(80)31(3)48-58(7)28-81-42(58)23-41(70)59(48,8)49(72)47(82-32(4)68)44(30(40)2)57(60,5)6)84-43(71)20-21-85-86-27-35(53(75)76)22-38(69)18-19-39(54(77)78)65-51(73)34-14-16-36(17-15-34)62-25-37-26-63-50-45(64-37)52(74)67-56(61)66-50/h9-17,26,29,31,35,39-42,46-48,62,70,80H,18-25,27-28H2,1-8H3,(H,65,73)(H,75,76)(H,77,78)(H3,61,63,66,67,74)/t29-,31-,35?,39?,40?,41-,42+,46?,47+,48?,58+,59+,60+/m0/s1. The number of anilines is 2. The average Bonchev–Trinajstić information content (AvgIpc) is 0.678. The van der Waals surface area contributed by atoms with Crippen molar-refractivity contribution in [3.8, 4) is 0 Å². The summed E-state index contributed by atoms with van der Waals surface area (Å²) in [5.74, 6) is -10.4. The molecule has 3 fully saturated rings. The van der Waals surface area contributed by atoms with Crippen LogP contribution in [0.25, 0.3) is 11.2 Å². The van der Waals surface area contributed by atoms with Crippen LogP contribution < -0.4 is 21.9 Å². The number of nitrogens with two attached hydrogens (primary N) is 1. The first-order valence-electron chi connectivity index (χ1n) is 28.3. The van der Waals surface area contributed by atoms with Gasteiger partial charge in [0.25, 0.3) is 11.5 Å². The molecule has 0 radical (unpaired) electrons. The van der Waals surface area contributed by atoms with Crippen molar-refractivity contribution in [1.82, 2.24) is 25.3 Å². The fourth-order valence-electron chi connectivity index (χ4n) is 13.2. The number of amides is 1. The number of ether oxygens (including phenoxy) is 4. The van der Waals surface area contributed by atoms with E-state index in [1.807, 2.05) is 13.8 Å². The molecule has 13 atom stereocenters. The Balaban J connectivity index is 0.855. The van der Waals surface area contributed by atoms with Crippen molar-refractivity contribution in [2.75, 3.05) is 29.2 Å². The van der Waals surface area contributed by atoms with Gasteiger partial charge in [-0.2, -0.15) is 4.98 Å². The summed E-state index contributed by atoms with van der Waals surface area (Å²) in [6, 6.07) is 13.4. The molecule has 8 rings (SSSR count). The van der Waals surface area contributed by atoms with Crippen LogP contribution in [0, 0.1) is 34.0 Å². The van der Waals surface area contributed by atoms with Crippen LogP contribution in [-0.4, -0.2) is 148 Å². The largest absolute Gasteiger partial charge is 0.481 e. The van der Waals surface area contributed by atoms with Gasteiger partial charge >= 0.3 is 29.8 Å². The van der Waals surface area contributed by atoms with E-state index in [4.69, 9.17) is 24.7 Å². The number of aliphatic hydroxyl groups is 2. The number of hydrogen-bond acceptors (Lipinski definition) is 22. The molecule has 2 aromatic carbocycles. The Morgan fingerprint density at radius 2 is 1.64 bits per heavy atom. The number of rotatable bonds is 24. The third-order valence-corrected chi connectivity index (χ3v) is 20.5. The first kappa shape index (κ1) is 64.7. The molecule has 86 heavy (non-hydrogen) atoms. The van der Waals surface area contributed by atoms with Gasteiger partial charge in [0.15, 0.2) is 23.1 Å². The number of fused-ring (bicyclic) bond motifs is 6. The molecule has 5 unspecified atom stereocenters. The van der Waals surface area contributed by atoms with Crippen LogP contribution in [0.4, 0.5) is 11.6 Å². The van der Waals surface area contributed by atoms with E-state index < -0.39 is 141 Å². The third-order valence-electron chi connectivity index (χ3n) is 18.1. The number of nitrogens with zero attached hydrogens (tertiary/aromatic N) is 3. The lowest BCUT2D eigenvalue weighted by molar-refractivity contribution is -0.302. The lowest BCUT2D eigenvalue weighted by Crippen LogP contribution is -2.75. The van der Waals surface area contributed by atoms with Crippen LogP contribution in [0.1, 0.15) is 121 Å². The molecule has 1 amide bonds. The number of H-pyrrole nitrogens is 1. The summed E-state index contributed by atoms with van der Waals surface area (Å²) in [5, 5.41) is 50.6. The predicted molar refractivity (Wildman–Crippen MR) is 315 cm³/mol. The molecule has 26 heteroatoms. The van der Waals surface area contributed by atoms with E-state index in [2.05, 4.69) is 30.6 Å². The number of nitrogens with one attached hydrogen (secondary N) is 3. The van der Waals surface area contributed by atoms with Crippen molar-refractivity contribution in [2.45, 2.75) is 149 Å². The molecule has 4 aromatic rings. The van der Waals surface area contributed by atoms with E-state index in [0.717, 1.165) is 21.6 Å². The summed E-state index contributed by atoms with van der Waals surface area (Å²) < 4.78 is 24.1. The summed E-state index contributed by atoms with van der Waals surface area (Å²) >= 11 is 0. The molecule has 3 heterocycles. The van der Waals surface area contributed by atoms with Gasteiger partial charge < -0.3 is 55.7 Å². The van der Waals surface area contributed by atoms with Crippen molar-refractivity contribution in [2.24, 2.45) is 34.0 Å². The summed E-state index contributed by atoms with van der Waals surface area (Å²) in [5.41, 5.74) is 2.31. The molecule has 1 aliphatic heterocycles. The van der Waals surface area contributed by atoms with Crippen molar-refractivity contribution < 1.29 is 77.7 Å². The van der Waals surface area contributed by atoms with Gasteiger partial charge in [0.1, 0.15) is 17.9 Å². The number of carboxylic acid groups (broad SMARTS) is 2.